The van der Waals surface area contributed by atoms with Crippen LogP contribution >= 0.6 is 0 Å². The summed E-state index contributed by atoms with van der Waals surface area (Å²) in [5, 5.41) is 20.4. The van der Waals surface area contributed by atoms with Gasteiger partial charge in [-0.3, -0.25) is 4.79 Å². The highest BCUT2D eigenvalue weighted by molar-refractivity contribution is 5.75. The average Bonchev–Trinajstić information content (AvgIpc) is 2.19. The van der Waals surface area contributed by atoms with Gasteiger partial charge < -0.3 is 14.9 Å². The molecule has 1 unspecified atom stereocenters. The van der Waals surface area contributed by atoms with E-state index in [-0.39, 0.29) is 12.4 Å². The Balaban J connectivity index is 2.46. The molecule has 0 bridgehead atoms. The topological polar surface area (TPSA) is 66.8 Å². The van der Waals surface area contributed by atoms with Crippen LogP contribution in [0.4, 0.5) is 0 Å². The molecule has 1 aliphatic heterocycles. The van der Waals surface area contributed by atoms with E-state index < -0.39 is 22.7 Å². The average molecular weight is 214 g/mol. The summed E-state index contributed by atoms with van der Waals surface area (Å²) >= 11 is 0. The molecule has 0 radical (unpaired) electrons. The minimum absolute atomic E-state index is 0.0310. The smallest absolute Gasteiger partial charge is 0.309 e. The monoisotopic (exact) mass is 214 g/mol. The standard InChI is InChI=1S/C11H18O4/c1-9(2)4-7(12)5-10(3)11(9,14)6-8(13)15-10/h7,12,14H,4-6H2,1-3H3/t7-,10-,11?/m0/s1. The molecular formula is C11H18O4. The van der Waals surface area contributed by atoms with Crippen molar-refractivity contribution < 1.29 is 19.7 Å². The van der Waals surface area contributed by atoms with Crippen molar-refractivity contribution in [2.45, 2.75) is 57.3 Å². The highest BCUT2D eigenvalue weighted by Gasteiger charge is 2.67. The summed E-state index contributed by atoms with van der Waals surface area (Å²) in [4.78, 5) is 11.4. The zero-order valence-corrected chi connectivity index (χ0v) is 9.41. The summed E-state index contributed by atoms with van der Waals surface area (Å²) in [6.07, 6.45) is 0.327. The molecule has 1 heterocycles. The lowest BCUT2D eigenvalue weighted by molar-refractivity contribution is -0.214. The van der Waals surface area contributed by atoms with Crippen molar-refractivity contribution in [2.24, 2.45) is 5.41 Å². The first-order chi connectivity index (χ1) is 6.70. The van der Waals surface area contributed by atoms with E-state index in [2.05, 4.69) is 0 Å². The van der Waals surface area contributed by atoms with Gasteiger partial charge in [0, 0.05) is 11.8 Å². The van der Waals surface area contributed by atoms with Gasteiger partial charge in [-0.15, -0.1) is 0 Å². The second kappa shape index (κ2) is 2.74. The van der Waals surface area contributed by atoms with Crippen molar-refractivity contribution in [3.63, 3.8) is 0 Å². The predicted molar refractivity (Wildman–Crippen MR) is 53.1 cm³/mol. The molecule has 1 saturated carbocycles. The lowest BCUT2D eigenvalue weighted by Gasteiger charge is -2.52. The van der Waals surface area contributed by atoms with Gasteiger partial charge in [0.2, 0.25) is 0 Å². The minimum atomic E-state index is -1.16. The third kappa shape index (κ3) is 1.24. The molecule has 2 fully saturated rings. The summed E-state index contributed by atoms with van der Waals surface area (Å²) in [6.45, 7) is 5.45. The number of fused-ring (bicyclic) bond motifs is 1. The van der Waals surface area contributed by atoms with Gasteiger partial charge in [-0.05, 0) is 13.3 Å². The number of esters is 1. The molecule has 0 spiro atoms. The molecule has 0 amide bonds. The van der Waals surface area contributed by atoms with E-state index in [1.165, 1.54) is 0 Å². The van der Waals surface area contributed by atoms with Crippen LogP contribution in [0.1, 0.15) is 40.0 Å². The van der Waals surface area contributed by atoms with Gasteiger partial charge in [0.15, 0.2) is 0 Å². The van der Waals surface area contributed by atoms with Gasteiger partial charge in [0.25, 0.3) is 0 Å². The molecular weight excluding hydrogens is 196 g/mol. The summed E-state index contributed by atoms with van der Waals surface area (Å²) < 4.78 is 5.21. The molecule has 4 nitrogen and oxygen atoms in total. The Labute approximate surface area is 89.2 Å². The molecule has 86 valence electrons. The number of ether oxygens (including phenoxy) is 1. The molecule has 1 aliphatic carbocycles. The van der Waals surface area contributed by atoms with Crippen LogP contribution in [0.5, 0.6) is 0 Å². The summed E-state index contributed by atoms with van der Waals surface area (Å²) in [5.41, 5.74) is -2.60. The Kier molecular flexibility index (Phi) is 1.99. The van der Waals surface area contributed by atoms with Crippen molar-refractivity contribution >= 4 is 5.97 Å². The second-order valence-corrected chi connectivity index (χ2v) is 5.69. The first-order valence-electron chi connectivity index (χ1n) is 5.32. The van der Waals surface area contributed by atoms with Crippen molar-refractivity contribution in [1.29, 1.82) is 0 Å². The number of rotatable bonds is 0. The Morgan fingerprint density at radius 1 is 1.33 bits per heavy atom. The van der Waals surface area contributed by atoms with Crippen molar-refractivity contribution in [1.82, 2.24) is 0 Å². The number of carbonyl (C=O) groups excluding carboxylic acids is 1. The second-order valence-electron chi connectivity index (χ2n) is 5.69. The summed E-state index contributed by atoms with van der Waals surface area (Å²) in [6, 6.07) is 0. The van der Waals surface area contributed by atoms with Gasteiger partial charge in [0.1, 0.15) is 11.2 Å². The SMILES string of the molecule is CC1(C)C[C@H](O)C[C@]2(C)OC(=O)CC12O. The molecule has 2 rings (SSSR count). The fourth-order valence-electron chi connectivity index (χ4n) is 3.21. The molecule has 15 heavy (non-hydrogen) atoms. The Hall–Kier alpha value is -0.610. The molecule has 0 aromatic carbocycles. The van der Waals surface area contributed by atoms with E-state index in [1.807, 2.05) is 13.8 Å². The Bertz CT molecular complexity index is 312. The summed E-state index contributed by atoms with van der Waals surface area (Å²) in [5.74, 6) is -0.373. The Morgan fingerprint density at radius 3 is 2.53 bits per heavy atom. The van der Waals surface area contributed by atoms with Crippen molar-refractivity contribution in [2.75, 3.05) is 0 Å². The zero-order chi connectivity index (χ0) is 11.5. The predicted octanol–water partition coefficient (Wildman–Crippen LogP) is 0.604. The van der Waals surface area contributed by atoms with Crippen LogP contribution in [0.25, 0.3) is 0 Å². The molecule has 2 N–H and O–H groups in total. The highest BCUT2D eigenvalue weighted by atomic mass is 16.6. The van der Waals surface area contributed by atoms with Crippen LogP contribution in [0, 0.1) is 5.41 Å². The molecule has 0 aromatic heterocycles. The fraction of sp³-hybridized carbons (Fsp3) is 0.909. The Morgan fingerprint density at radius 2 is 1.93 bits per heavy atom. The normalized spacial score (nSPS) is 48.6. The third-order valence-corrected chi connectivity index (χ3v) is 4.10. The first-order valence-corrected chi connectivity index (χ1v) is 5.32. The summed E-state index contributed by atoms with van der Waals surface area (Å²) in [7, 11) is 0. The van der Waals surface area contributed by atoms with Crippen LogP contribution in [0.2, 0.25) is 0 Å². The van der Waals surface area contributed by atoms with E-state index in [1.54, 1.807) is 6.92 Å². The van der Waals surface area contributed by atoms with Gasteiger partial charge in [-0.1, -0.05) is 13.8 Å². The number of hydrogen-bond donors (Lipinski definition) is 2. The van der Waals surface area contributed by atoms with Crippen LogP contribution < -0.4 is 0 Å². The lowest BCUT2D eigenvalue weighted by atomic mass is 9.57. The van der Waals surface area contributed by atoms with Gasteiger partial charge in [-0.25, -0.2) is 0 Å². The van der Waals surface area contributed by atoms with Crippen LogP contribution in [-0.4, -0.2) is 33.5 Å². The third-order valence-electron chi connectivity index (χ3n) is 4.10. The maximum absolute atomic E-state index is 11.4. The van der Waals surface area contributed by atoms with Crippen LogP contribution in [-0.2, 0) is 9.53 Å². The zero-order valence-electron chi connectivity index (χ0n) is 9.41. The van der Waals surface area contributed by atoms with E-state index in [4.69, 9.17) is 4.74 Å². The van der Waals surface area contributed by atoms with Gasteiger partial charge in [0.05, 0.1) is 12.5 Å². The molecule has 3 atom stereocenters. The number of hydrogen-bond acceptors (Lipinski definition) is 4. The van der Waals surface area contributed by atoms with Crippen LogP contribution in [0.3, 0.4) is 0 Å². The quantitative estimate of drug-likeness (QED) is 0.580. The minimum Gasteiger partial charge on any atom is -0.456 e. The number of aliphatic hydroxyl groups excluding tert-OH is 1. The molecule has 4 heteroatoms. The first kappa shape index (κ1) is 10.9. The maximum atomic E-state index is 11.4. The van der Waals surface area contributed by atoms with Crippen molar-refractivity contribution in [3.05, 3.63) is 0 Å². The molecule has 0 aromatic rings. The lowest BCUT2D eigenvalue weighted by Crippen LogP contribution is -2.63. The number of aliphatic hydroxyl groups is 2. The van der Waals surface area contributed by atoms with Crippen molar-refractivity contribution in [3.8, 4) is 0 Å². The maximum Gasteiger partial charge on any atom is 0.309 e. The largest absolute Gasteiger partial charge is 0.456 e. The van der Waals surface area contributed by atoms with E-state index in [0.29, 0.717) is 12.8 Å². The molecule has 2 aliphatic rings. The number of carbonyl (C=O) groups is 1. The van der Waals surface area contributed by atoms with Gasteiger partial charge in [-0.2, -0.15) is 0 Å². The fourth-order valence-corrected chi connectivity index (χ4v) is 3.21. The van der Waals surface area contributed by atoms with E-state index in [0.717, 1.165) is 0 Å². The highest BCUT2D eigenvalue weighted by Crippen LogP contribution is 2.55. The molecule has 1 saturated heterocycles. The van der Waals surface area contributed by atoms with Gasteiger partial charge >= 0.3 is 5.97 Å². The van der Waals surface area contributed by atoms with Crippen LogP contribution in [0.15, 0.2) is 0 Å². The van der Waals surface area contributed by atoms with E-state index >= 15 is 0 Å². The van der Waals surface area contributed by atoms with E-state index in [9.17, 15) is 15.0 Å².